The molecular weight excluding hydrogens is 288 g/mol. The van der Waals surface area contributed by atoms with Crippen molar-refractivity contribution in [1.82, 2.24) is 10.3 Å². The molecule has 110 valence electrons. The molecule has 1 unspecified atom stereocenters. The summed E-state index contributed by atoms with van der Waals surface area (Å²) in [6.45, 7) is 1.64. The summed E-state index contributed by atoms with van der Waals surface area (Å²) in [6.07, 6.45) is 0.685. The molecule has 5 nitrogen and oxygen atoms in total. The van der Waals surface area contributed by atoms with E-state index in [1.165, 1.54) is 11.3 Å². The molecule has 0 aliphatic heterocycles. The predicted molar refractivity (Wildman–Crippen MR) is 80.5 cm³/mol. The highest BCUT2D eigenvalue weighted by Crippen LogP contribution is 2.14. The summed E-state index contributed by atoms with van der Waals surface area (Å²) in [4.78, 5) is 26.9. The standard InChI is InChI=1S/C15H16N2O3S/c1-10(15(19)20)8-16-14(18)12-9-21-13(17-12)7-11-5-3-2-4-6-11/h2-6,9-10H,7-8H2,1H3,(H,16,18)(H,19,20). The number of carboxylic acid groups (broad SMARTS) is 1. The molecule has 1 aromatic heterocycles. The van der Waals surface area contributed by atoms with Crippen LogP contribution in [0.1, 0.15) is 28.0 Å². The van der Waals surface area contributed by atoms with Crippen molar-refractivity contribution in [2.45, 2.75) is 13.3 Å². The van der Waals surface area contributed by atoms with E-state index in [0.29, 0.717) is 12.1 Å². The number of aromatic nitrogens is 1. The van der Waals surface area contributed by atoms with E-state index in [1.807, 2.05) is 30.3 Å². The number of hydrogen-bond acceptors (Lipinski definition) is 4. The van der Waals surface area contributed by atoms with Gasteiger partial charge in [-0.1, -0.05) is 37.3 Å². The number of hydrogen-bond donors (Lipinski definition) is 2. The van der Waals surface area contributed by atoms with Gasteiger partial charge in [0.2, 0.25) is 0 Å². The Balaban J connectivity index is 1.93. The monoisotopic (exact) mass is 304 g/mol. The smallest absolute Gasteiger partial charge is 0.308 e. The quantitative estimate of drug-likeness (QED) is 0.857. The van der Waals surface area contributed by atoms with Gasteiger partial charge >= 0.3 is 5.97 Å². The van der Waals surface area contributed by atoms with E-state index in [4.69, 9.17) is 5.11 Å². The minimum Gasteiger partial charge on any atom is -0.481 e. The van der Waals surface area contributed by atoms with Crippen LogP contribution in [0.3, 0.4) is 0 Å². The number of thiazole rings is 1. The Morgan fingerprint density at radius 2 is 2.05 bits per heavy atom. The van der Waals surface area contributed by atoms with Crippen molar-refractivity contribution in [3.05, 3.63) is 52.0 Å². The number of carboxylic acids is 1. The van der Waals surface area contributed by atoms with E-state index in [9.17, 15) is 9.59 Å². The highest BCUT2D eigenvalue weighted by Gasteiger charge is 2.15. The van der Waals surface area contributed by atoms with E-state index < -0.39 is 11.9 Å². The summed E-state index contributed by atoms with van der Waals surface area (Å²) in [5.41, 5.74) is 1.47. The van der Waals surface area contributed by atoms with Gasteiger partial charge in [0.1, 0.15) is 5.69 Å². The minimum absolute atomic E-state index is 0.0969. The number of nitrogens with zero attached hydrogens (tertiary/aromatic N) is 1. The van der Waals surface area contributed by atoms with Crippen molar-refractivity contribution >= 4 is 23.2 Å². The molecule has 1 amide bonds. The molecule has 0 aliphatic rings. The number of carbonyl (C=O) groups excluding carboxylic acids is 1. The van der Waals surface area contributed by atoms with Crippen LogP contribution in [0.2, 0.25) is 0 Å². The van der Waals surface area contributed by atoms with Gasteiger partial charge in [0.05, 0.1) is 10.9 Å². The number of benzene rings is 1. The lowest BCUT2D eigenvalue weighted by Crippen LogP contribution is -2.31. The molecule has 0 aliphatic carbocycles. The third kappa shape index (κ3) is 4.39. The molecule has 21 heavy (non-hydrogen) atoms. The van der Waals surface area contributed by atoms with E-state index in [-0.39, 0.29) is 12.5 Å². The Kier molecular flexibility index (Phi) is 5.05. The van der Waals surface area contributed by atoms with Crippen LogP contribution in [0.4, 0.5) is 0 Å². The number of carbonyl (C=O) groups is 2. The average molecular weight is 304 g/mol. The highest BCUT2D eigenvalue weighted by molar-refractivity contribution is 7.09. The predicted octanol–water partition coefficient (Wildman–Crippen LogP) is 2.18. The fraction of sp³-hybridized carbons (Fsp3) is 0.267. The second-order valence-electron chi connectivity index (χ2n) is 4.74. The fourth-order valence-electron chi connectivity index (χ4n) is 1.69. The molecule has 0 radical (unpaired) electrons. The van der Waals surface area contributed by atoms with Crippen molar-refractivity contribution in [3.63, 3.8) is 0 Å². The first-order chi connectivity index (χ1) is 10.1. The van der Waals surface area contributed by atoms with Gasteiger partial charge in [-0.05, 0) is 5.56 Å². The van der Waals surface area contributed by atoms with Gasteiger partial charge in [-0.15, -0.1) is 11.3 Å². The highest BCUT2D eigenvalue weighted by atomic mass is 32.1. The largest absolute Gasteiger partial charge is 0.481 e. The Hall–Kier alpha value is -2.21. The van der Waals surface area contributed by atoms with Gasteiger partial charge in [-0.2, -0.15) is 0 Å². The van der Waals surface area contributed by atoms with Gasteiger partial charge in [0.25, 0.3) is 5.91 Å². The minimum atomic E-state index is -0.932. The molecule has 0 spiro atoms. The SMILES string of the molecule is CC(CNC(=O)c1csc(Cc2ccccc2)n1)C(=O)O. The molecule has 1 aromatic carbocycles. The first-order valence-electron chi connectivity index (χ1n) is 6.55. The lowest BCUT2D eigenvalue weighted by atomic mass is 10.2. The van der Waals surface area contributed by atoms with E-state index in [2.05, 4.69) is 10.3 Å². The summed E-state index contributed by atoms with van der Waals surface area (Å²) < 4.78 is 0. The summed E-state index contributed by atoms with van der Waals surface area (Å²) >= 11 is 1.43. The molecule has 1 atom stereocenters. The molecule has 6 heteroatoms. The van der Waals surface area contributed by atoms with Crippen LogP contribution >= 0.6 is 11.3 Å². The van der Waals surface area contributed by atoms with Crippen LogP contribution in [0.5, 0.6) is 0 Å². The van der Waals surface area contributed by atoms with Gasteiger partial charge in [0.15, 0.2) is 0 Å². The van der Waals surface area contributed by atoms with Gasteiger partial charge in [-0.25, -0.2) is 4.98 Å². The van der Waals surface area contributed by atoms with Gasteiger partial charge in [0, 0.05) is 18.3 Å². The Bertz CT molecular complexity index is 625. The zero-order chi connectivity index (χ0) is 15.2. The van der Waals surface area contributed by atoms with Crippen LogP contribution < -0.4 is 5.32 Å². The number of amides is 1. The van der Waals surface area contributed by atoms with Crippen LogP contribution in [-0.2, 0) is 11.2 Å². The Labute approximate surface area is 126 Å². The molecule has 1 heterocycles. The maximum Gasteiger partial charge on any atom is 0.308 e. The number of nitrogens with one attached hydrogen (secondary N) is 1. The summed E-state index contributed by atoms with van der Waals surface area (Å²) in [6, 6.07) is 9.90. The fourth-order valence-corrected chi connectivity index (χ4v) is 2.50. The normalized spacial score (nSPS) is 11.9. The first kappa shape index (κ1) is 15.2. The van der Waals surface area contributed by atoms with Crippen molar-refractivity contribution in [2.75, 3.05) is 6.54 Å². The third-order valence-corrected chi connectivity index (χ3v) is 3.82. The van der Waals surface area contributed by atoms with E-state index in [0.717, 1.165) is 10.6 Å². The lowest BCUT2D eigenvalue weighted by molar-refractivity contribution is -0.140. The summed E-state index contributed by atoms with van der Waals surface area (Å²) in [5.74, 6) is -1.88. The van der Waals surface area contributed by atoms with Gasteiger partial charge in [-0.3, -0.25) is 9.59 Å². The summed E-state index contributed by atoms with van der Waals surface area (Å²) in [7, 11) is 0. The zero-order valence-electron chi connectivity index (χ0n) is 11.6. The van der Waals surface area contributed by atoms with Crippen LogP contribution in [-0.4, -0.2) is 28.5 Å². The molecule has 2 aromatic rings. The second-order valence-corrected chi connectivity index (χ2v) is 5.68. The molecule has 0 fully saturated rings. The van der Waals surface area contributed by atoms with Crippen LogP contribution in [0.25, 0.3) is 0 Å². The molecule has 2 rings (SSSR count). The molecule has 2 N–H and O–H groups in total. The van der Waals surface area contributed by atoms with Gasteiger partial charge < -0.3 is 10.4 Å². The van der Waals surface area contributed by atoms with Crippen molar-refractivity contribution < 1.29 is 14.7 Å². The first-order valence-corrected chi connectivity index (χ1v) is 7.43. The van der Waals surface area contributed by atoms with Crippen molar-refractivity contribution in [2.24, 2.45) is 5.92 Å². The Morgan fingerprint density at radius 3 is 2.71 bits per heavy atom. The number of rotatable bonds is 6. The lowest BCUT2D eigenvalue weighted by Gasteiger charge is -2.06. The van der Waals surface area contributed by atoms with E-state index >= 15 is 0 Å². The topological polar surface area (TPSA) is 79.3 Å². The van der Waals surface area contributed by atoms with Crippen LogP contribution in [0, 0.1) is 5.92 Å². The third-order valence-electron chi connectivity index (χ3n) is 2.97. The maximum atomic E-state index is 11.9. The van der Waals surface area contributed by atoms with Crippen molar-refractivity contribution in [1.29, 1.82) is 0 Å². The number of aliphatic carboxylic acids is 1. The van der Waals surface area contributed by atoms with Crippen LogP contribution in [0.15, 0.2) is 35.7 Å². The second kappa shape index (κ2) is 6.99. The maximum absolute atomic E-state index is 11.9. The molecule has 0 saturated carbocycles. The van der Waals surface area contributed by atoms with Crippen molar-refractivity contribution in [3.8, 4) is 0 Å². The average Bonchev–Trinajstić information content (AvgIpc) is 2.94. The van der Waals surface area contributed by atoms with E-state index in [1.54, 1.807) is 12.3 Å². The summed E-state index contributed by atoms with van der Waals surface area (Å²) in [5, 5.41) is 13.9. The Morgan fingerprint density at radius 1 is 1.33 bits per heavy atom. The molecule has 0 bridgehead atoms. The molecule has 0 saturated heterocycles. The zero-order valence-corrected chi connectivity index (χ0v) is 12.4. The molecular formula is C15H16N2O3S.